The molecule has 0 radical (unpaired) electrons. The lowest BCUT2D eigenvalue weighted by Crippen LogP contribution is -2.39. The maximum absolute atomic E-state index is 13.4. The summed E-state index contributed by atoms with van der Waals surface area (Å²) in [6, 6.07) is 4.22. The number of ether oxygens (including phenoxy) is 1. The molecule has 2 aromatic heterocycles. The van der Waals surface area contributed by atoms with Crippen LogP contribution in [0.15, 0.2) is 23.0 Å². The molecule has 33 heavy (non-hydrogen) atoms. The van der Waals surface area contributed by atoms with Crippen molar-refractivity contribution >= 4 is 38.9 Å². The van der Waals surface area contributed by atoms with Crippen molar-refractivity contribution in [1.82, 2.24) is 15.0 Å². The third kappa shape index (κ3) is 3.64. The van der Waals surface area contributed by atoms with Crippen molar-refractivity contribution in [2.45, 2.75) is 52.5 Å². The van der Waals surface area contributed by atoms with Gasteiger partial charge in [-0.05, 0) is 62.3 Å². The number of hydrogen-bond donors (Lipinski definition) is 0. The van der Waals surface area contributed by atoms with Crippen LogP contribution < -0.4 is 15.2 Å². The zero-order chi connectivity index (χ0) is 23.3. The first-order valence-electron chi connectivity index (χ1n) is 11.4. The van der Waals surface area contributed by atoms with E-state index in [1.165, 1.54) is 9.56 Å². The minimum absolute atomic E-state index is 0.00850. The first-order valence-corrected chi connectivity index (χ1v) is 12.2. The highest BCUT2D eigenvalue weighted by Crippen LogP contribution is 2.36. The van der Waals surface area contributed by atoms with E-state index in [2.05, 4.69) is 17.2 Å². The van der Waals surface area contributed by atoms with Crippen molar-refractivity contribution in [3.63, 3.8) is 0 Å². The van der Waals surface area contributed by atoms with E-state index in [1.54, 1.807) is 41.4 Å². The summed E-state index contributed by atoms with van der Waals surface area (Å²) in [7, 11) is 0. The topological polar surface area (TPSA) is 94.4 Å². The summed E-state index contributed by atoms with van der Waals surface area (Å²) in [5.74, 6) is 0.768. The summed E-state index contributed by atoms with van der Waals surface area (Å²) in [4.78, 5) is 42.6. The Morgan fingerprint density at radius 2 is 2.15 bits per heavy atom. The maximum Gasteiger partial charge on any atom is 0.279 e. The van der Waals surface area contributed by atoms with Gasteiger partial charge in [-0.2, -0.15) is 4.68 Å². The van der Waals surface area contributed by atoms with Gasteiger partial charge in [-0.15, -0.1) is 16.4 Å². The molecular weight excluding hydrogens is 440 g/mol. The van der Waals surface area contributed by atoms with Crippen molar-refractivity contribution in [1.29, 1.82) is 0 Å². The van der Waals surface area contributed by atoms with E-state index >= 15 is 0 Å². The lowest BCUT2D eigenvalue weighted by atomic mass is 9.89. The van der Waals surface area contributed by atoms with Crippen LogP contribution in [0.5, 0.6) is 5.75 Å². The van der Waals surface area contributed by atoms with Crippen molar-refractivity contribution in [2.75, 3.05) is 18.1 Å². The van der Waals surface area contributed by atoms with Crippen LogP contribution in [0.25, 0.3) is 10.2 Å². The molecule has 0 saturated heterocycles. The third-order valence-electron chi connectivity index (χ3n) is 6.53. The van der Waals surface area contributed by atoms with Crippen molar-refractivity contribution in [3.8, 4) is 5.75 Å². The fourth-order valence-corrected chi connectivity index (χ4v) is 6.02. The lowest BCUT2D eigenvalue weighted by molar-refractivity contribution is -0.121. The van der Waals surface area contributed by atoms with Gasteiger partial charge in [0.2, 0.25) is 0 Å². The van der Waals surface area contributed by atoms with Crippen molar-refractivity contribution in [2.24, 2.45) is 5.92 Å². The number of ketones is 1. The zero-order valence-electron chi connectivity index (χ0n) is 19.0. The molecule has 0 N–H and O–H groups in total. The molecule has 9 heteroatoms. The van der Waals surface area contributed by atoms with Crippen LogP contribution in [0.3, 0.4) is 0 Å². The smallest absolute Gasteiger partial charge is 0.279 e. The number of benzene rings is 1. The molecule has 3 heterocycles. The maximum atomic E-state index is 13.4. The second-order valence-corrected chi connectivity index (χ2v) is 10.0. The minimum atomic E-state index is -0.828. The number of Topliss-reactive ketones (excluding diaryl/α,β-unsaturated/α-hetero) is 1. The minimum Gasteiger partial charge on any atom is -0.482 e. The summed E-state index contributed by atoms with van der Waals surface area (Å²) in [5, 5.41) is 9.01. The van der Waals surface area contributed by atoms with Crippen molar-refractivity contribution in [3.05, 3.63) is 44.6 Å². The van der Waals surface area contributed by atoms with Crippen LogP contribution in [0, 0.1) is 5.92 Å². The summed E-state index contributed by atoms with van der Waals surface area (Å²) in [5.41, 5.74) is 1.79. The summed E-state index contributed by atoms with van der Waals surface area (Å²) in [6.07, 6.45) is 3.63. The molecule has 2 unspecified atom stereocenters. The van der Waals surface area contributed by atoms with Crippen LogP contribution >= 0.6 is 11.3 Å². The van der Waals surface area contributed by atoms with Gasteiger partial charge in [-0.25, -0.2) is 0 Å². The normalized spacial score (nSPS) is 18.6. The predicted molar refractivity (Wildman–Crippen MR) is 126 cm³/mol. The van der Waals surface area contributed by atoms with Gasteiger partial charge in [-0.3, -0.25) is 14.4 Å². The quantitative estimate of drug-likeness (QED) is 0.534. The number of carbonyl (C=O) groups is 2. The van der Waals surface area contributed by atoms with E-state index in [1.807, 2.05) is 6.92 Å². The fraction of sp³-hybridized carbons (Fsp3) is 0.458. The Labute approximate surface area is 195 Å². The first kappa shape index (κ1) is 21.8. The molecule has 1 aromatic carbocycles. The number of aromatic nitrogens is 3. The Bertz CT molecular complexity index is 1330. The van der Waals surface area contributed by atoms with Crippen LogP contribution in [-0.2, 0) is 17.6 Å². The predicted octanol–water partition coefficient (Wildman–Crippen LogP) is 3.56. The van der Waals surface area contributed by atoms with E-state index in [0.29, 0.717) is 39.7 Å². The van der Waals surface area contributed by atoms with Gasteiger partial charge in [0.25, 0.3) is 11.5 Å². The highest BCUT2D eigenvalue weighted by Gasteiger charge is 2.29. The Morgan fingerprint density at radius 3 is 2.94 bits per heavy atom. The van der Waals surface area contributed by atoms with Crippen LogP contribution in [0.4, 0.5) is 5.69 Å². The number of amides is 1. The Morgan fingerprint density at radius 1 is 1.33 bits per heavy atom. The summed E-state index contributed by atoms with van der Waals surface area (Å²) >= 11 is 1.54. The SMILES string of the molecule is CCCN1C(=O)COc2ccc(C(=O)C(C)n3nnc4sc5c(c4c3=O)CCC(C)C5)cc21. The molecule has 3 aromatic rings. The Balaban J connectivity index is 1.51. The molecule has 172 valence electrons. The Hall–Kier alpha value is -3.07. The van der Waals surface area contributed by atoms with E-state index < -0.39 is 6.04 Å². The van der Waals surface area contributed by atoms with Gasteiger partial charge in [0.1, 0.15) is 11.8 Å². The van der Waals surface area contributed by atoms with Gasteiger partial charge in [0.15, 0.2) is 17.2 Å². The molecule has 0 saturated carbocycles. The molecule has 8 nitrogen and oxygen atoms in total. The lowest BCUT2D eigenvalue weighted by Gasteiger charge is -2.29. The van der Waals surface area contributed by atoms with E-state index in [0.717, 1.165) is 31.2 Å². The monoisotopic (exact) mass is 466 g/mol. The van der Waals surface area contributed by atoms with Gasteiger partial charge >= 0.3 is 0 Å². The molecular formula is C24H26N4O4S. The average molecular weight is 467 g/mol. The molecule has 1 aliphatic carbocycles. The Kier molecular flexibility index (Phi) is 5.52. The molecule has 0 fully saturated rings. The van der Waals surface area contributed by atoms with Crippen LogP contribution in [-0.4, -0.2) is 39.8 Å². The van der Waals surface area contributed by atoms with Gasteiger partial charge in [-0.1, -0.05) is 19.1 Å². The number of aryl methyl sites for hydroxylation is 1. The van der Waals surface area contributed by atoms with Gasteiger partial charge < -0.3 is 9.64 Å². The number of thiophene rings is 1. The molecule has 5 rings (SSSR count). The van der Waals surface area contributed by atoms with E-state index in [9.17, 15) is 14.4 Å². The molecule has 1 amide bonds. The number of rotatable bonds is 5. The van der Waals surface area contributed by atoms with E-state index in [-0.39, 0.29) is 23.9 Å². The number of hydrogen-bond acceptors (Lipinski definition) is 7. The molecule has 2 aliphatic rings. The third-order valence-corrected chi connectivity index (χ3v) is 7.67. The molecule has 0 bridgehead atoms. The molecule has 2 atom stereocenters. The van der Waals surface area contributed by atoms with Crippen LogP contribution in [0.1, 0.15) is 60.5 Å². The summed E-state index contributed by atoms with van der Waals surface area (Å²) < 4.78 is 6.73. The van der Waals surface area contributed by atoms with Crippen molar-refractivity contribution < 1.29 is 14.3 Å². The zero-order valence-corrected chi connectivity index (χ0v) is 19.8. The number of anilines is 1. The second kappa shape index (κ2) is 8.37. The highest BCUT2D eigenvalue weighted by molar-refractivity contribution is 7.18. The first-order chi connectivity index (χ1) is 15.9. The standard InChI is InChI=1S/C24H26N4O4S/c1-4-9-27-17-11-15(6-8-18(17)32-12-20(27)29)22(30)14(3)28-24(31)21-16-7-5-13(2)10-19(16)33-23(21)25-26-28/h6,8,11,13-14H,4-5,7,9-10,12H2,1-3H3. The van der Waals surface area contributed by atoms with Crippen LogP contribution in [0.2, 0.25) is 0 Å². The largest absolute Gasteiger partial charge is 0.482 e. The molecule has 1 aliphatic heterocycles. The second-order valence-electron chi connectivity index (χ2n) is 8.93. The van der Waals surface area contributed by atoms with Gasteiger partial charge in [0, 0.05) is 17.0 Å². The molecule has 0 spiro atoms. The van der Waals surface area contributed by atoms with E-state index in [4.69, 9.17) is 4.74 Å². The highest BCUT2D eigenvalue weighted by atomic mass is 32.1. The number of carbonyl (C=O) groups excluding carboxylic acids is 2. The summed E-state index contributed by atoms with van der Waals surface area (Å²) in [6.45, 7) is 6.41. The average Bonchev–Trinajstić information content (AvgIpc) is 3.18. The fourth-order valence-electron chi connectivity index (χ4n) is 4.70. The number of fused-ring (bicyclic) bond motifs is 4. The van der Waals surface area contributed by atoms with Gasteiger partial charge in [0.05, 0.1) is 11.1 Å². The number of nitrogens with zero attached hydrogens (tertiary/aromatic N) is 4.